The van der Waals surface area contributed by atoms with Crippen LogP contribution in [-0.2, 0) is 9.53 Å². The fourth-order valence-corrected chi connectivity index (χ4v) is 0.860. The van der Waals surface area contributed by atoms with Gasteiger partial charge in [-0.05, 0) is 6.42 Å². The third-order valence-electron chi connectivity index (χ3n) is 1.38. The molecule has 4 heteroatoms. The molecule has 0 aromatic carbocycles. The Hall–Kier alpha value is -0.610. The van der Waals surface area contributed by atoms with E-state index in [-0.39, 0.29) is 6.04 Å². The fourth-order valence-electron chi connectivity index (χ4n) is 0.860. The average Bonchev–Trinajstić information content (AvgIpc) is 2.13. The predicted molar refractivity (Wildman–Crippen MR) is 30.0 cm³/mol. The van der Waals surface area contributed by atoms with Gasteiger partial charge >= 0.3 is 5.97 Å². The molecule has 9 heavy (non-hydrogen) atoms. The van der Waals surface area contributed by atoms with Crippen molar-refractivity contribution in [2.24, 2.45) is 5.73 Å². The molecule has 0 aliphatic carbocycles. The average molecular weight is 131 g/mol. The van der Waals surface area contributed by atoms with Gasteiger partial charge in [0.2, 0.25) is 0 Å². The first-order valence-electron chi connectivity index (χ1n) is 2.82. The third kappa shape index (κ3) is 1.20. The monoisotopic (exact) mass is 131 g/mol. The maximum atomic E-state index is 10.2. The Morgan fingerprint density at radius 2 is 2.44 bits per heavy atom. The second kappa shape index (κ2) is 2.33. The zero-order valence-corrected chi connectivity index (χ0v) is 4.91. The molecule has 1 aliphatic rings. The molecule has 0 aromatic heterocycles. The lowest BCUT2D eigenvalue weighted by Gasteiger charge is -2.06. The van der Waals surface area contributed by atoms with Crippen molar-refractivity contribution in [2.75, 3.05) is 6.61 Å². The summed E-state index contributed by atoms with van der Waals surface area (Å²) in [5.41, 5.74) is 5.37. The van der Waals surface area contributed by atoms with Crippen molar-refractivity contribution in [1.82, 2.24) is 0 Å². The van der Waals surface area contributed by atoms with Crippen LogP contribution in [0.3, 0.4) is 0 Å². The van der Waals surface area contributed by atoms with Crippen LogP contribution in [0.4, 0.5) is 0 Å². The Kier molecular flexibility index (Phi) is 1.68. The molecule has 0 radical (unpaired) electrons. The molecule has 3 N–H and O–H groups in total. The molecule has 1 heterocycles. The molecule has 4 nitrogen and oxygen atoms in total. The lowest BCUT2D eigenvalue weighted by molar-refractivity contribution is -0.147. The maximum Gasteiger partial charge on any atom is 0.334 e. The standard InChI is InChI=1S/C5H9NO3/c6-3-1-2-9-4(3)5(7)8/h3-4H,1-2,6H2,(H,7,8)/t3-,4-/m1/s1. The predicted octanol–water partition coefficient (Wildman–Crippen LogP) is -0.813. The van der Waals surface area contributed by atoms with E-state index in [4.69, 9.17) is 15.6 Å². The van der Waals surface area contributed by atoms with Crippen molar-refractivity contribution in [3.8, 4) is 0 Å². The molecule has 0 spiro atoms. The minimum Gasteiger partial charge on any atom is -0.479 e. The fraction of sp³-hybridized carbons (Fsp3) is 0.800. The third-order valence-corrected chi connectivity index (χ3v) is 1.38. The Balaban J connectivity index is 2.49. The van der Waals surface area contributed by atoms with Crippen LogP contribution in [0.1, 0.15) is 6.42 Å². The van der Waals surface area contributed by atoms with Crippen molar-refractivity contribution >= 4 is 5.97 Å². The van der Waals surface area contributed by atoms with Gasteiger partial charge in [-0.15, -0.1) is 0 Å². The molecule has 1 rings (SSSR count). The summed E-state index contributed by atoms with van der Waals surface area (Å²) in [6, 6.07) is -0.317. The summed E-state index contributed by atoms with van der Waals surface area (Å²) in [7, 11) is 0. The largest absolute Gasteiger partial charge is 0.479 e. The topological polar surface area (TPSA) is 72.5 Å². The van der Waals surface area contributed by atoms with Gasteiger partial charge in [-0.1, -0.05) is 0 Å². The van der Waals surface area contributed by atoms with Crippen LogP contribution in [0.2, 0.25) is 0 Å². The Labute approximate surface area is 52.6 Å². The number of carboxylic acid groups (broad SMARTS) is 1. The minimum atomic E-state index is -0.958. The highest BCUT2D eigenvalue weighted by atomic mass is 16.5. The van der Waals surface area contributed by atoms with Gasteiger partial charge in [0.05, 0.1) is 0 Å². The molecule has 0 bridgehead atoms. The summed E-state index contributed by atoms with van der Waals surface area (Å²) in [5.74, 6) is -0.958. The van der Waals surface area contributed by atoms with E-state index < -0.39 is 12.1 Å². The summed E-state index contributed by atoms with van der Waals surface area (Å²) in [5, 5.41) is 8.38. The second-order valence-corrected chi connectivity index (χ2v) is 2.08. The van der Waals surface area contributed by atoms with Crippen molar-refractivity contribution in [2.45, 2.75) is 18.6 Å². The normalized spacial score (nSPS) is 34.8. The number of nitrogens with two attached hydrogens (primary N) is 1. The number of rotatable bonds is 1. The van der Waals surface area contributed by atoms with E-state index in [1.807, 2.05) is 0 Å². The summed E-state index contributed by atoms with van der Waals surface area (Å²) < 4.78 is 4.80. The molecule has 0 amide bonds. The minimum absolute atomic E-state index is 0.317. The van der Waals surface area contributed by atoms with Gasteiger partial charge in [-0.3, -0.25) is 0 Å². The number of carbonyl (C=O) groups is 1. The highest BCUT2D eigenvalue weighted by molar-refractivity contribution is 5.73. The van der Waals surface area contributed by atoms with E-state index in [0.29, 0.717) is 13.0 Å². The summed E-state index contributed by atoms with van der Waals surface area (Å²) in [6.45, 7) is 0.470. The van der Waals surface area contributed by atoms with Crippen molar-refractivity contribution in [3.63, 3.8) is 0 Å². The lowest BCUT2D eigenvalue weighted by atomic mass is 10.2. The number of hydrogen-bond donors (Lipinski definition) is 2. The summed E-state index contributed by atoms with van der Waals surface area (Å²) in [6.07, 6.45) is -0.123. The van der Waals surface area contributed by atoms with E-state index >= 15 is 0 Å². The van der Waals surface area contributed by atoms with Crippen LogP contribution in [-0.4, -0.2) is 29.8 Å². The van der Waals surface area contributed by atoms with Gasteiger partial charge in [0.15, 0.2) is 6.10 Å². The Bertz CT molecular complexity index is 125. The summed E-state index contributed by atoms with van der Waals surface area (Å²) >= 11 is 0. The lowest BCUT2D eigenvalue weighted by Crippen LogP contribution is -2.36. The molecule has 1 fully saturated rings. The van der Waals surface area contributed by atoms with Crippen LogP contribution in [0, 0.1) is 0 Å². The number of ether oxygens (including phenoxy) is 1. The van der Waals surface area contributed by atoms with E-state index in [1.54, 1.807) is 0 Å². The summed E-state index contributed by atoms with van der Waals surface area (Å²) in [4.78, 5) is 10.2. The first-order valence-corrected chi connectivity index (χ1v) is 2.82. The second-order valence-electron chi connectivity index (χ2n) is 2.08. The Morgan fingerprint density at radius 3 is 2.67 bits per heavy atom. The van der Waals surface area contributed by atoms with Crippen molar-refractivity contribution in [3.05, 3.63) is 0 Å². The number of carboxylic acids is 1. The zero-order chi connectivity index (χ0) is 6.85. The van der Waals surface area contributed by atoms with Gasteiger partial charge in [0.25, 0.3) is 0 Å². The molecule has 0 aromatic rings. The van der Waals surface area contributed by atoms with E-state index in [1.165, 1.54) is 0 Å². The van der Waals surface area contributed by atoms with Gasteiger partial charge in [-0.25, -0.2) is 4.79 Å². The van der Waals surface area contributed by atoms with Crippen LogP contribution >= 0.6 is 0 Å². The quantitative estimate of drug-likeness (QED) is 0.488. The molecule has 0 saturated carbocycles. The highest BCUT2D eigenvalue weighted by Crippen LogP contribution is 2.10. The molecule has 1 saturated heterocycles. The first-order chi connectivity index (χ1) is 4.22. The van der Waals surface area contributed by atoms with E-state index in [2.05, 4.69) is 0 Å². The van der Waals surface area contributed by atoms with Gasteiger partial charge in [0, 0.05) is 12.6 Å². The Morgan fingerprint density at radius 1 is 1.78 bits per heavy atom. The van der Waals surface area contributed by atoms with E-state index in [0.717, 1.165) is 0 Å². The van der Waals surface area contributed by atoms with Crippen molar-refractivity contribution in [1.29, 1.82) is 0 Å². The number of hydrogen-bond acceptors (Lipinski definition) is 3. The van der Waals surface area contributed by atoms with Crippen LogP contribution < -0.4 is 5.73 Å². The van der Waals surface area contributed by atoms with Gasteiger partial charge < -0.3 is 15.6 Å². The highest BCUT2D eigenvalue weighted by Gasteiger charge is 2.30. The molecular weight excluding hydrogens is 122 g/mol. The molecule has 2 atom stereocenters. The van der Waals surface area contributed by atoms with Crippen LogP contribution in [0.15, 0.2) is 0 Å². The zero-order valence-electron chi connectivity index (χ0n) is 4.91. The van der Waals surface area contributed by atoms with Crippen LogP contribution in [0.25, 0.3) is 0 Å². The van der Waals surface area contributed by atoms with Crippen molar-refractivity contribution < 1.29 is 14.6 Å². The smallest absolute Gasteiger partial charge is 0.334 e. The molecule has 1 aliphatic heterocycles. The van der Waals surface area contributed by atoms with Gasteiger partial charge in [0.1, 0.15) is 0 Å². The molecule has 0 unspecified atom stereocenters. The molecule has 52 valence electrons. The SMILES string of the molecule is N[C@@H]1CCO[C@H]1C(=O)O. The molecular formula is C5H9NO3. The number of aliphatic carboxylic acids is 1. The van der Waals surface area contributed by atoms with E-state index in [9.17, 15) is 4.79 Å². The first kappa shape index (κ1) is 6.51. The maximum absolute atomic E-state index is 10.2. The van der Waals surface area contributed by atoms with Crippen LogP contribution in [0.5, 0.6) is 0 Å². The van der Waals surface area contributed by atoms with Gasteiger partial charge in [-0.2, -0.15) is 0 Å².